The van der Waals surface area contributed by atoms with E-state index >= 15 is 0 Å². The summed E-state index contributed by atoms with van der Waals surface area (Å²) < 4.78 is 37.1. The van der Waals surface area contributed by atoms with Crippen LogP contribution in [-0.4, -0.2) is 40.9 Å². The van der Waals surface area contributed by atoms with E-state index < -0.39 is 18.8 Å². The average Bonchev–Trinajstić information content (AvgIpc) is 2.85. The SMILES string of the molecule is O[C@H]1CCC[C@@H]1N(CC(F)(F)F)C1CC1. The summed E-state index contributed by atoms with van der Waals surface area (Å²) in [6.07, 6.45) is -0.830. The fourth-order valence-electron chi connectivity index (χ4n) is 2.44. The van der Waals surface area contributed by atoms with Gasteiger partial charge in [-0.2, -0.15) is 13.2 Å². The second kappa shape index (κ2) is 3.94. The Morgan fingerprint density at radius 3 is 2.20 bits per heavy atom. The third-order valence-corrected chi connectivity index (χ3v) is 3.25. The second-order valence-corrected chi connectivity index (χ2v) is 4.58. The molecule has 0 unspecified atom stereocenters. The summed E-state index contributed by atoms with van der Waals surface area (Å²) in [6, 6.07) is -0.205. The molecule has 2 rings (SSSR count). The van der Waals surface area contributed by atoms with E-state index in [1.165, 1.54) is 4.90 Å². The zero-order valence-electron chi connectivity index (χ0n) is 8.50. The standard InChI is InChI=1S/C10H16F3NO/c11-10(12,13)6-14(7-4-5-7)8-2-1-3-9(8)15/h7-9,15H,1-6H2/t8-,9-/m0/s1. The number of alkyl halides is 3. The highest BCUT2D eigenvalue weighted by Gasteiger charge is 2.44. The maximum Gasteiger partial charge on any atom is 0.401 e. The summed E-state index contributed by atoms with van der Waals surface area (Å²) >= 11 is 0. The van der Waals surface area contributed by atoms with Crippen LogP contribution in [0.25, 0.3) is 0 Å². The molecule has 15 heavy (non-hydrogen) atoms. The lowest BCUT2D eigenvalue weighted by Crippen LogP contribution is -2.46. The van der Waals surface area contributed by atoms with Gasteiger partial charge in [0.05, 0.1) is 12.6 Å². The molecule has 2 atom stereocenters. The third kappa shape index (κ3) is 2.84. The minimum absolute atomic E-state index is 0.0596. The summed E-state index contributed by atoms with van der Waals surface area (Å²) in [5.41, 5.74) is 0. The van der Waals surface area contributed by atoms with E-state index in [1.54, 1.807) is 0 Å². The predicted molar refractivity (Wildman–Crippen MR) is 49.4 cm³/mol. The molecular formula is C10H16F3NO. The topological polar surface area (TPSA) is 23.5 Å². The van der Waals surface area contributed by atoms with Gasteiger partial charge in [-0.05, 0) is 32.1 Å². The summed E-state index contributed by atoms with van der Waals surface area (Å²) in [7, 11) is 0. The van der Waals surface area contributed by atoms with Crippen LogP contribution in [0.1, 0.15) is 32.1 Å². The zero-order chi connectivity index (χ0) is 11.1. The van der Waals surface area contributed by atoms with Crippen molar-refractivity contribution in [3.05, 3.63) is 0 Å². The van der Waals surface area contributed by atoms with Crippen molar-refractivity contribution in [1.82, 2.24) is 4.90 Å². The van der Waals surface area contributed by atoms with Crippen molar-refractivity contribution < 1.29 is 18.3 Å². The van der Waals surface area contributed by atoms with E-state index in [0.29, 0.717) is 12.8 Å². The van der Waals surface area contributed by atoms with E-state index in [4.69, 9.17) is 0 Å². The molecule has 0 aromatic carbocycles. The van der Waals surface area contributed by atoms with Gasteiger partial charge in [0.1, 0.15) is 0 Å². The van der Waals surface area contributed by atoms with E-state index in [9.17, 15) is 18.3 Å². The summed E-state index contributed by atoms with van der Waals surface area (Å²) in [5, 5.41) is 9.62. The highest BCUT2D eigenvalue weighted by Crippen LogP contribution is 2.36. The number of aliphatic hydroxyl groups excluding tert-OH is 1. The van der Waals surface area contributed by atoms with E-state index in [0.717, 1.165) is 19.3 Å². The van der Waals surface area contributed by atoms with Gasteiger partial charge in [0.15, 0.2) is 0 Å². The van der Waals surface area contributed by atoms with Crippen molar-refractivity contribution in [2.45, 2.75) is 56.5 Å². The number of hydrogen-bond acceptors (Lipinski definition) is 2. The average molecular weight is 223 g/mol. The number of hydrogen-bond donors (Lipinski definition) is 1. The van der Waals surface area contributed by atoms with Crippen LogP contribution in [0.15, 0.2) is 0 Å². The van der Waals surface area contributed by atoms with Gasteiger partial charge >= 0.3 is 6.18 Å². The molecule has 2 aliphatic carbocycles. The Kier molecular flexibility index (Phi) is 2.94. The van der Waals surface area contributed by atoms with E-state index in [2.05, 4.69) is 0 Å². The monoisotopic (exact) mass is 223 g/mol. The first kappa shape index (κ1) is 11.2. The molecule has 0 saturated heterocycles. The summed E-state index contributed by atoms with van der Waals surface area (Å²) in [5.74, 6) is 0. The Balaban J connectivity index is 1.99. The highest BCUT2D eigenvalue weighted by atomic mass is 19.4. The van der Waals surface area contributed by atoms with Crippen LogP contribution in [0.4, 0.5) is 13.2 Å². The number of aliphatic hydroxyl groups is 1. The van der Waals surface area contributed by atoms with Gasteiger partial charge in [0.2, 0.25) is 0 Å². The Labute approximate surface area is 87.1 Å². The maximum atomic E-state index is 12.4. The molecule has 2 fully saturated rings. The Hall–Kier alpha value is -0.290. The lowest BCUT2D eigenvalue weighted by molar-refractivity contribution is -0.155. The number of halogens is 3. The molecule has 2 aliphatic rings. The van der Waals surface area contributed by atoms with Crippen LogP contribution >= 0.6 is 0 Å². The molecule has 0 aliphatic heterocycles. The molecule has 0 amide bonds. The second-order valence-electron chi connectivity index (χ2n) is 4.58. The van der Waals surface area contributed by atoms with Gasteiger partial charge in [-0.25, -0.2) is 0 Å². The first-order valence-electron chi connectivity index (χ1n) is 5.48. The van der Waals surface area contributed by atoms with Crippen LogP contribution in [0, 0.1) is 0 Å². The Bertz CT molecular complexity index is 227. The van der Waals surface area contributed by atoms with Crippen molar-refractivity contribution in [2.75, 3.05) is 6.54 Å². The van der Waals surface area contributed by atoms with Crippen LogP contribution in [-0.2, 0) is 0 Å². The number of nitrogens with zero attached hydrogens (tertiary/aromatic N) is 1. The molecule has 0 heterocycles. The molecule has 2 nitrogen and oxygen atoms in total. The Morgan fingerprint density at radius 1 is 1.13 bits per heavy atom. The molecule has 0 spiro atoms. The minimum Gasteiger partial charge on any atom is -0.391 e. The van der Waals surface area contributed by atoms with Crippen molar-refractivity contribution in [2.24, 2.45) is 0 Å². The maximum absolute atomic E-state index is 12.4. The zero-order valence-corrected chi connectivity index (χ0v) is 8.50. The van der Waals surface area contributed by atoms with Crippen LogP contribution in [0.3, 0.4) is 0 Å². The third-order valence-electron chi connectivity index (χ3n) is 3.25. The van der Waals surface area contributed by atoms with Gasteiger partial charge in [-0.3, -0.25) is 4.90 Å². The smallest absolute Gasteiger partial charge is 0.391 e. The van der Waals surface area contributed by atoms with Gasteiger partial charge in [0, 0.05) is 12.1 Å². The van der Waals surface area contributed by atoms with Crippen molar-refractivity contribution in [3.63, 3.8) is 0 Å². The number of rotatable bonds is 3. The fourth-order valence-corrected chi connectivity index (χ4v) is 2.44. The quantitative estimate of drug-likeness (QED) is 0.790. The molecule has 0 aromatic heterocycles. The lowest BCUT2D eigenvalue weighted by Gasteiger charge is -2.31. The minimum atomic E-state index is -4.15. The first-order valence-corrected chi connectivity index (χ1v) is 5.48. The highest BCUT2D eigenvalue weighted by molar-refractivity contribution is 4.94. The summed E-state index contributed by atoms with van der Waals surface area (Å²) in [6.45, 7) is -0.862. The molecule has 0 aromatic rings. The van der Waals surface area contributed by atoms with Crippen molar-refractivity contribution in [1.29, 1.82) is 0 Å². The normalized spacial score (nSPS) is 32.6. The Morgan fingerprint density at radius 2 is 1.80 bits per heavy atom. The fraction of sp³-hybridized carbons (Fsp3) is 1.00. The molecule has 0 bridgehead atoms. The van der Waals surface area contributed by atoms with Crippen LogP contribution < -0.4 is 0 Å². The molecule has 1 N–H and O–H groups in total. The van der Waals surface area contributed by atoms with Crippen LogP contribution in [0.5, 0.6) is 0 Å². The van der Waals surface area contributed by atoms with Crippen molar-refractivity contribution >= 4 is 0 Å². The van der Waals surface area contributed by atoms with E-state index in [1.807, 2.05) is 0 Å². The van der Waals surface area contributed by atoms with Crippen LogP contribution in [0.2, 0.25) is 0 Å². The van der Waals surface area contributed by atoms with Crippen molar-refractivity contribution in [3.8, 4) is 0 Å². The van der Waals surface area contributed by atoms with Gasteiger partial charge < -0.3 is 5.11 Å². The summed E-state index contributed by atoms with van der Waals surface area (Å²) in [4.78, 5) is 1.47. The predicted octanol–water partition coefficient (Wildman–Crippen LogP) is 1.93. The molecular weight excluding hydrogens is 207 g/mol. The largest absolute Gasteiger partial charge is 0.401 e. The van der Waals surface area contributed by atoms with Gasteiger partial charge in [0.25, 0.3) is 0 Å². The molecule has 88 valence electrons. The van der Waals surface area contributed by atoms with Gasteiger partial charge in [-0.15, -0.1) is 0 Å². The van der Waals surface area contributed by atoms with Gasteiger partial charge in [-0.1, -0.05) is 0 Å². The first-order chi connectivity index (χ1) is 6.97. The molecule has 2 saturated carbocycles. The molecule has 0 radical (unpaired) electrons. The van der Waals surface area contributed by atoms with E-state index in [-0.39, 0.29) is 12.1 Å². The lowest BCUT2D eigenvalue weighted by atomic mass is 10.1. The molecule has 5 heteroatoms.